The van der Waals surface area contributed by atoms with E-state index in [0.29, 0.717) is 17.9 Å². The van der Waals surface area contributed by atoms with Gasteiger partial charge in [0.15, 0.2) is 0 Å². The van der Waals surface area contributed by atoms with Crippen molar-refractivity contribution in [2.45, 2.75) is 45.3 Å². The van der Waals surface area contributed by atoms with Gasteiger partial charge in [0.25, 0.3) is 0 Å². The molecule has 1 amide bonds. The summed E-state index contributed by atoms with van der Waals surface area (Å²) in [6.07, 6.45) is 1.95. The smallest absolute Gasteiger partial charge is 0.414 e. The van der Waals surface area contributed by atoms with E-state index in [2.05, 4.69) is 0 Å². The van der Waals surface area contributed by atoms with Gasteiger partial charge in [0.2, 0.25) is 0 Å². The number of carbonyl (C=O) groups is 3. The normalized spacial score (nSPS) is 26.7. The van der Waals surface area contributed by atoms with E-state index >= 15 is 0 Å². The molecule has 1 aliphatic carbocycles. The Kier molecular flexibility index (Phi) is 5.76. The molecular formula is C14H24N2O6. The van der Waals surface area contributed by atoms with E-state index in [9.17, 15) is 4.79 Å². The standard InChI is InChI=1S/C12H22N2O2.C2H2O4/c1-12(2,3)16-11(15)14-6-8-4-10(13)5-9(8)7-14;3-1(4)2(5)6/h8-10H,4-7,13H2,1-3H3;(H,3,4)(H,5,6)/t8-,9+,10?;. The van der Waals surface area contributed by atoms with E-state index in [-0.39, 0.29) is 6.09 Å². The summed E-state index contributed by atoms with van der Waals surface area (Å²) in [7, 11) is 0. The Bertz CT molecular complexity index is 419. The number of nitrogens with zero attached hydrogens (tertiary/aromatic N) is 1. The number of carbonyl (C=O) groups excluding carboxylic acids is 1. The molecule has 3 atom stereocenters. The monoisotopic (exact) mass is 316 g/mol. The van der Waals surface area contributed by atoms with Crippen LogP contribution in [0.3, 0.4) is 0 Å². The van der Waals surface area contributed by atoms with E-state index in [0.717, 1.165) is 25.9 Å². The van der Waals surface area contributed by atoms with Gasteiger partial charge in [0.05, 0.1) is 0 Å². The van der Waals surface area contributed by atoms with Gasteiger partial charge in [-0.25, -0.2) is 14.4 Å². The second-order valence-electron chi connectivity index (χ2n) is 6.75. The predicted molar refractivity (Wildman–Crippen MR) is 77.3 cm³/mol. The summed E-state index contributed by atoms with van der Waals surface area (Å²) in [4.78, 5) is 31.9. The highest BCUT2D eigenvalue weighted by Gasteiger charge is 2.42. The van der Waals surface area contributed by atoms with Crippen molar-refractivity contribution in [3.63, 3.8) is 0 Å². The van der Waals surface area contributed by atoms with Crippen molar-refractivity contribution in [1.82, 2.24) is 4.90 Å². The van der Waals surface area contributed by atoms with Crippen LogP contribution >= 0.6 is 0 Å². The van der Waals surface area contributed by atoms with Gasteiger partial charge in [-0.15, -0.1) is 0 Å². The predicted octanol–water partition coefficient (Wildman–Crippen LogP) is 0.746. The first-order valence-corrected chi connectivity index (χ1v) is 7.19. The molecule has 1 aliphatic heterocycles. The quantitative estimate of drug-likeness (QED) is 0.562. The van der Waals surface area contributed by atoms with Crippen LogP contribution < -0.4 is 5.73 Å². The van der Waals surface area contributed by atoms with E-state index in [1.165, 1.54) is 0 Å². The van der Waals surface area contributed by atoms with Crippen LogP contribution in [0.4, 0.5) is 4.79 Å². The van der Waals surface area contributed by atoms with Crippen molar-refractivity contribution < 1.29 is 29.3 Å². The van der Waals surface area contributed by atoms with Crippen molar-refractivity contribution in [3.8, 4) is 0 Å². The fourth-order valence-corrected chi connectivity index (χ4v) is 2.82. The van der Waals surface area contributed by atoms with Crippen LogP contribution in [0.15, 0.2) is 0 Å². The number of likely N-dealkylation sites (tertiary alicyclic amines) is 1. The van der Waals surface area contributed by atoms with Crippen LogP contribution in [-0.2, 0) is 14.3 Å². The fourth-order valence-electron chi connectivity index (χ4n) is 2.82. The van der Waals surface area contributed by atoms with Crippen molar-refractivity contribution in [2.24, 2.45) is 17.6 Å². The molecule has 2 fully saturated rings. The average Bonchev–Trinajstić information content (AvgIpc) is 2.84. The molecule has 1 saturated carbocycles. The van der Waals surface area contributed by atoms with Crippen molar-refractivity contribution >= 4 is 18.0 Å². The third-order valence-electron chi connectivity index (χ3n) is 3.62. The van der Waals surface area contributed by atoms with Crippen LogP contribution in [0.1, 0.15) is 33.6 Å². The first-order chi connectivity index (χ1) is 9.99. The molecule has 2 rings (SSSR count). The van der Waals surface area contributed by atoms with E-state index in [1.54, 1.807) is 0 Å². The molecule has 126 valence electrons. The fraction of sp³-hybridized carbons (Fsp3) is 0.786. The van der Waals surface area contributed by atoms with Crippen molar-refractivity contribution in [2.75, 3.05) is 13.1 Å². The van der Waals surface area contributed by atoms with Gasteiger partial charge in [0.1, 0.15) is 5.60 Å². The number of fused-ring (bicyclic) bond motifs is 1. The number of hydrogen-bond donors (Lipinski definition) is 3. The lowest BCUT2D eigenvalue weighted by Gasteiger charge is -2.25. The van der Waals surface area contributed by atoms with Gasteiger partial charge in [-0.1, -0.05) is 0 Å². The third-order valence-corrected chi connectivity index (χ3v) is 3.62. The van der Waals surface area contributed by atoms with Crippen molar-refractivity contribution in [1.29, 1.82) is 0 Å². The third kappa shape index (κ3) is 5.51. The SMILES string of the molecule is CC(C)(C)OC(=O)N1C[C@H]2CC(N)C[C@H]2C1.O=C(O)C(=O)O. The minimum absolute atomic E-state index is 0.171. The molecule has 1 saturated heterocycles. The molecule has 8 heteroatoms. The highest BCUT2D eigenvalue weighted by molar-refractivity contribution is 6.27. The minimum atomic E-state index is -1.82. The summed E-state index contributed by atoms with van der Waals surface area (Å²) >= 11 is 0. The van der Waals surface area contributed by atoms with Gasteiger partial charge < -0.3 is 25.6 Å². The van der Waals surface area contributed by atoms with Gasteiger partial charge in [-0.05, 0) is 45.4 Å². The Hall–Kier alpha value is -1.83. The number of carboxylic acids is 2. The Morgan fingerprint density at radius 2 is 1.45 bits per heavy atom. The van der Waals surface area contributed by atoms with Crippen LogP contribution in [-0.4, -0.2) is 57.9 Å². The Morgan fingerprint density at radius 3 is 1.77 bits per heavy atom. The van der Waals surface area contributed by atoms with E-state index < -0.39 is 17.5 Å². The number of hydrogen-bond acceptors (Lipinski definition) is 5. The number of aliphatic carboxylic acids is 2. The highest BCUT2D eigenvalue weighted by Crippen LogP contribution is 2.37. The summed E-state index contributed by atoms with van der Waals surface area (Å²) in [5.74, 6) is -2.45. The maximum Gasteiger partial charge on any atom is 0.414 e. The number of carboxylic acid groups (broad SMARTS) is 2. The molecule has 8 nitrogen and oxygen atoms in total. The molecular weight excluding hydrogens is 292 g/mol. The van der Waals surface area contributed by atoms with Gasteiger partial charge >= 0.3 is 18.0 Å². The molecule has 0 bridgehead atoms. The summed E-state index contributed by atoms with van der Waals surface area (Å²) in [5.41, 5.74) is 5.52. The molecule has 22 heavy (non-hydrogen) atoms. The number of ether oxygens (including phenoxy) is 1. The zero-order valence-corrected chi connectivity index (χ0v) is 13.1. The van der Waals surface area contributed by atoms with Crippen molar-refractivity contribution in [3.05, 3.63) is 0 Å². The minimum Gasteiger partial charge on any atom is -0.473 e. The topological polar surface area (TPSA) is 130 Å². The first-order valence-electron chi connectivity index (χ1n) is 7.19. The second kappa shape index (κ2) is 6.95. The van der Waals surface area contributed by atoms with Crippen LogP contribution in [0.5, 0.6) is 0 Å². The maximum atomic E-state index is 11.8. The Morgan fingerprint density at radius 1 is 1.05 bits per heavy atom. The van der Waals surface area contributed by atoms with Crippen LogP contribution in [0.2, 0.25) is 0 Å². The highest BCUT2D eigenvalue weighted by atomic mass is 16.6. The molecule has 0 radical (unpaired) electrons. The van der Waals surface area contributed by atoms with Crippen LogP contribution in [0, 0.1) is 11.8 Å². The van der Waals surface area contributed by atoms with E-state index in [4.69, 9.17) is 30.3 Å². The molecule has 2 aliphatic rings. The molecule has 0 aromatic heterocycles. The maximum absolute atomic E-state index is 11.8. The number of amides is 1. The largest absolute Gasteiger partial charge is 0.473 e. The van der Waals surface area contributed by atoms with Crippen LogP contribution in [0.25, 0.3) is 0 Å². The average molecular weight is 316 g/mol. The zero-order valence-electron chi connectivity index (χ0n) is 13.1. The summed E-state index contributed by atoms with van der Waals surface area (Å²) < 4.78 is 5.37. The summed E-state index contributed by atoms with van der Waals surface area (Å²) in [6.45, 7) is 7.35. The molecule has 0 aromatic rings. The lowest BCUT2D eigenvalue weighted by molar-refractivity contribution is -0.159. The lowest BCUT2D eigenvalue weighted by atomic mass is 10.0. The lowest BCUT2D eigenvalue weighted by Crippen LogP contribution is -2.36. The van der Waals surface area contributed by atoms with Gasteiger partial charge in [0, 0.05) is 19.1 Å². The molecule has 0 aromatic carbocycles. The summed E-state index contributed by atoms with van der Waals surface area (Å²) in [5, 5.41) is 14.8. The van der Waals surface area contributed by atoms with Gasteiger partial charge in [-0.3, -0.25) is 0 Å². The Labute approximate surface area is 129 Å². The second-order valence-corrected chi connectivity index (χ2v) is 6.75. The van der Waals surface area contributed by atoms with Gasteiger partial charge in [-0.2, -0.15) is 0 Å². The number of rotatable bonds is 0. The molecule has 1 heterocycles. The van der Waals surface area contributed by atoms with E-state index in [1.807, 2.05) is 25.7 Å². The molecule has 4 N–H and O–H groups in total. The number of nitrogens with two attached hydrogens (primary N) is 1. The molecule has 1 unspecified atom stereocenters. The summed E-state index contributed by atoms with van der Waals surface area (Å²) in [6, 6.07) is 0.343. The molecule has 0 spiro atoms. The Balaban J connectivity index is 0.000000346. The first kappa shape index (κ1) is 18.2. The zero-order chi connectivity index (χ0) is 17.1.